The molecular formula is C17H20F5N3O2. The van der Waals surface area contributed by atoms with Crippen LogP contribution in [-0.2, 0) is 20.1 Å². The predicted octanol–water partition coefficient (Wildman–Crippen LogP) is 3.99. The van der Waals surface area contributed by atoms with Gasteiger partial charge in [0, 0.05) is 20.1 Å². The standard InChI is InChI=1S/C17H20F5N3O2/c1-3-26-15-6-11(4-5-14(15)27-10-17(20,21)22)8-23-9-12-7-13(16(18)19)24-25(12)2/h4-7,16,23H,3,8-10H2,1-2H3. The van der Waals surface area contributed by atoms with Crippen LogP contribution in [0.2, 0.25) is 0 Å². The van der Waals surface area contributed by atoms with E-state index in [9.17, 15) is 22.0 Å². The Bertz CT molecular complexity index is 747. The Hall–Kier alpha value is -2.36. The molecule has 0 aliphatic rings. The Balaban J connectivity index is 1.99. The van der Waals surface area contributed by atoms with E-state index in [1.54, 1.807) is 26.1 Å². The monoisotopic (exact) mass is 393 g/mol. The van der Waals surface area contributed by atoms with E-state index in [4.69, 9.17) is 9.47 Å². The van der Waals surface area contributed by atoms with Gasteiger partial charge in [0.15, 0.2) is 18.1 Å². The maximum atomic E-state index is 12.6. The summed E-state index contributed by atoms with van der Waals surface area (Å²) in [6.07, 6.45) is -7.08. The predicted molar refractivity (Wildman–Crippen MR) is 87.9 cm³/mol. The number of benzene rings is 1. The van der Waals surface area contributed by atoms with Gasteiger partial charge in [-0.15, -0.1) is 0 Å². The van der Waals surface area contributed by atoms with Crippen molar-refractivity contribution >= 4 is 0 Å². The van der Waals surface area contributed by atoms with E-state index >= 15 is 0 Å². The summed E-state index contributed by atoms with van der Waals surface area (Å²) >= 11 is 0. The minimum atomic E-state index is -4.44. The number of halogens is 5. The minimum absolute atomic E-state index is 0.00568. The molecule has 0 saturated carbocycles. The molecule has 0 spiro atoms. The van der Waals surface area contributed by atoms with E-state index in [0.717, 1.165) is 5.56 Å². The van der Waals surface area contributed by atoms with Crippen LogP contribution in [-0.4, -0.2) is 29.2 Å². The Labute approximate surface area is 153 Å². The van der Waals surface area contributed by atoms with Crippen molar-refractivity contribution in [3.8, 4) is 11.5 Å². The molecule has 150 valence electrons. The molecule has 0 aliphatic heterocycles. The molecule has 0 unspecified atom stereocenters. The van der Waals surface area contributed by atoms with Crippen LogP contribution in [0.5, 0.6) is 11.5 Å². The van der Waals surface area contributed by atoms with Crippen molar-refractivity contribution in [2.45, 2.75) is 32.6 Å². The molecule has 0 amide bonds. The second-order valence-corrected chi connectivity index (χ2v) is 5.71. The molecule has 0 aliphatic carbocycles. The summed E-state index contributed by atoms with van der Waals surface area (Å²) in [5.74, 6) is 0.215. The number of aryl methyl sites for hydroxylation is 1. The van der Waals surface area contributed by atoms with Gasteiger partial charge in [-0.3, -0.25) is 4.68 Å². The number of nitrogens with zero attached hydrogens (tertiary/aromatic N) is 2. The van der Waals surface area contributed by atoms with E-state index in [0.29, 0.717) is 18.8 Å². The zero-order valence-electron chi connectivity index (χ0n) is 14.8. The van der Waals surface area contributed by atoms with Gasteiger partial charge < -0.3 is 14.8 Å². The van der Waals surface area contributed by atoms with Crippen molar-refractivity contribution in [1.29, 1.82) is 0 Å². The summed E-state index contributed by atoms with van der Waals surface area (Å²) in [6.45, 7) is 1.23. The van der Waals surface area contributed by atoms with Crippen molar-refractivity contribution < 1.29 is 31.4 Å². The fourth-order valence-electron chi connectivity index (χ4n) is 2.35. The quantitative estimate of drug-likeness (QED) is 0.655. The Morgan fingerprint density at radius 3 is 2.44 bits per heavy atom. The highest BCUT2D eigenvalue weighted by molar-refractivity contribution is 5.43. The first-order valence-electron chi connectivity index (χ1n) is 8.16. The van der Waals surface area contributed by atoms with E-state index in [-0.39, 0.29) is 23.8 Å². The maximum absolute atomic E-state index is 12.6. The molecule has 5 nitrogen and oxygen atoms in total. The summed E-state index contributed by atoms with van der Waals surface area (Å²) in [6, 6.07) is 5.91. The molecule has 0 saturated heterocycles. The molecule has 2 rings (SSSR count). The van der Waals surface area contributed by atoms with Crippen molar-refractivity contribution in [2.24, 2.45) is 7.05 Å². The largest absolute Gasteiger partial charge is 0.490 e. The molecular weight excluding hydrogens is 373 g/mol. The first kappa shape index (κ1) is 20.9. The number of hydrogen-bond acceptors (Lipinski definition) is 4. The molecule has 10 heteroatoms. The molecule has 27 heavy (non-hydrogen) atoms. The fourth-order valence-corrected chi connectivity index (χ4v) is 2.35. The van der Waals surface area contributed by atoms with Gasteiger partial charge in [0.1, 0.15) is 5.69 Å². The van der Waals surface area contributed by atoms with Crippen molar-refractivity contribution in [1.82, 2.24) is 15.1 Å². The van der Waals surface area contributed by atoms with Gasteiger partial charge in [-0.05, 0) is 30.7 Å². The first-order valence-corrected chi connectivity index (χ1v) is 8.16. The summed E-state index contributed by atoms with van der Waals surface area (Å²) in [5, 5.41) is 6.80. The number of alkyl halides is 5. The van der Waals surface area contributed by atoms with Gasteiger partial charge in [-0.1, -0.05) is 6.07 Å². The average molecular weight is 393 g/mol. The van der Waals surface area contributed by atoms with Crippen LogP contribution in [0.3, 0.4) is 0 Å². The lowest BCUT2D eigenvalue weighted by Crippen LogP contribution is -2.19. The van der Waals surface area contributed by atoms with E-state index < -0.39 is 19.2 Å². The van der Waals surface area contributed by atoms with E-state index in [2.05, 4.69) is 10.4 Å². The molecule has 1 heterocycles. The summed E-state index contributed by atoms with van der Waals surface area (Å²) in [4.78, 5) is 0. The van der Waals surface area contributed by atoms with Crippen LogP contribution in [0.1, 0.15) is 30.3 Å². The number of aromatic nitrogens is 2. The minimum Gasteiger partial charge on any atom is -0.490 e. The summed E-state index contributed by atoms with van der Waals surface area (Å²) in [7, 11) is 1.57. The highest BCUT2D eigenvalue weighted by Crippen LogP contribution is 2.30. The van der Waals surface area contributed by atoms with E-state index in [1.807, 2.05) is 0 Å². The average Bonchev–Trinajstić information content (AvgIpc) is 2.95. The smallest absolute Gasteiger partial charge is 0.422 e. The zero-order chi connectivity index (χ0) is 20.0. The van der Waals surface area contributed by atoms with Crippen LogP contribution in [0.15, 0.2) is 24.3 Å². The second kappa shape index (κ2) is 9.03. The fraction of sp³-hybridized carbons (Fsp3) is 0.471. The van der Waals surface area contributed by atoms with Crippen molar-refractivity contribution in [3.05, 3.63) is 41.2 Å². The van der Waals surface area contributed by atoms with Gasteiger partial charge in [0.2, 0.25) is 0 Å². The Morgan fingerprint density at radius 1 is 1.11 bits per heavy atom. The molecule has 0 atom stereocenters. The summed E-state index contributed by atoms with van der Waals surface area (Å²) < 4.78 is 73.7. The van der Waals surface area contributed by atoms with Gasteiger partial charge >= 0.3 is 6.18 Å². The Morgan fingerprint density at radius 2 is 1.85 bits per heavy atom. The number of nitrogens with one attached hydrogen (secondary N) is 1. The normalized spacial score (nSPS) is 11.9. The van der Waals surface area contributed by atoms with Crippen LogP contribution in [0.25, 0.3) is 0 Å². The highest BCUT2D eigenvalue weighted by Gasteiger charge is 2.29. The molecule has 0 bridgehead atoms. The summed E-state index contributed by atoms with van der Waals surface area (Å²) in [5.41, 5.74) is 1.04. The third kappa shape index (κ3) is 6.38. The number of rotatable bonds is 9. The van der Waals surface area contributed by atoms with Crippen LogP contribution in [0, 0.1) is 0 Å². The zero-order valence-corrected chi connectivity index (χ0v) is 14.8. The lowest BCUT2D eigenvalue weighted by Gasteiger charge is -2.15. The van der Waals surface area contributed by atoms with Gasteiger partial charge in [0.05, 0.1) is 12.3 Å². The van der Waals surface area contributed by atoms with E-state index in [1.165, 1.54) is 16.8 Å². The maximum Gasteiger partial charge on any atom is 0.422 e. The number of hydrogen-bond donors (Lipinski definition) is 1. The topological polar surface area (TPSA) is 48.3 Å². The molecule has 1 aromatic heterocycles. The highest BCUT2D eigenvalue weighted by atomic mass is 19.4. The van der Waals surface area contributed by atoms with Gasteiger partial charge in [-0.2, -0.15) is 18.3 Å². The van der Waals surface area contributed by atoms with Crippen molar-refractivity contribution in [2.75, 3.05) is 13.2 Å². The third-order valence-electron chi connectivity index (χ3n) is 3.55. The Kier molecular flexibility index (Phi) is 7.00. The molecule has 0 fully saturated rings. The molecule has 0 radical (unpaired) electrons. The molecule has 1 N–H and O–H groups in total. The van der Waals surface area contributed by atoms with Gasteiger partial charge in [0.25, 0.3) is 6.43 Å². The number of ether oxygens (including phenoxy) is 2. The first-order chi connectivity index (χ1) is 12.7. The van der Waals surface area contributed by atoms with Gasteiger partial charge in [-0.25, -0.2) is 8.78 Å². The van der Waals surface area contributed by atoms with Crippen LogP contribution in [0.4, 0.5) is 22.0 Å². The lowest BCUT2D eigenvalue weighted by atomic mass is 10.2. The molecule has 1 aromatic carbocycles. The third-order valence-corrected chi connectivity index (χ3v) is 3.55. The lowest BCUT2D eigenvalue weighted by molar-refractivity contribution is -0.153. The van der Waals surface area contributed by atoms with Crippen LogP contribution >= 0.6 is 0 Å². The van der Waals surface area contributed by atoms with Crippen LogP contribution < -0.4 is 14.8 Å². The molecule has 2 aromatic rings. The second-order valence-electron chi connectivity index (χ2n) is 5.71. The van der Waals surface area contributed by atoms with Crippen molar-refractivity contribution in [3.63, 3.8) is 0 Å². The SMILES string of the molecule is CCOc1cc(CNCc2cc(C(F)F)nn2C)ccc1OCC(F)(F)F.